The van der Waals surface area contributed by atoms with Gasteiger partial charge in [-0.1, -0.05) is 13.8 Å². The first-order chi connectivity index (χ1) is 6.09. The molecule has 0 bridgehead atoms. The van der Waals surface area contributed by atoms with Crippen molar-refractivity contribution in [1.82, 2.24) is 9.97 Å². The third-order valence-electron chi connectivity index (χ3n) is 1.77. The molecule has 0 aromatic carbocycles. The van der Waals surface area contributed by atoms with E-state index >= 15 is 0 Å². The highest BCUT2D eigenvalue weighted by molar-refractivity contribution is 9.10. The van der Waals surface area contributed by atoms with Crippen LogP contribution in [0.5, 0.6) is 0 Å². The molecule has 0 saturated carbocycles. The molecule has 0 amide bonds. The molecular weight excluding hydrogens is 251 g/mol. The average molecular weight is 264 g/mol. The standard InChI is InChI=1S/C9H12BrClN2/c1-6(2)8(11)3-9-12-4-7(10)5-13-9/h4-6,8H,3H2,1-2H3. The van der Waals surface area contributed by atoms with Crippen molar-refractivity contribution in [3.63, 3.8) is 0 Å². The molecule has 1 heterocycles. The molecule has 1 aromatic heterocycles. The number of hydrogen-bond donors (Lipinski definition) is 0. The van der Waals surface area contributed by atoms with Gasteiger partial charge < -0.3 is 0 Å². The Balaban J connectivity index is 2.59. The third-order valence-corrected chi connectivity index (χ3v) is 2.84. The number of nitrogens with zero attached hydrogens (tertiary/aromatic N) is 2. The highest BCUT2D eigenvalue weighted by atomic mass is 79.9. The topological polar surface area (TPSA) is 25.8 Å². The molecule has 1 atom stereocenters. The van der Waals surface area contributed by atoms with Gasteiger partial charge in [-0.3, -0.25) is 0 Å². The van der Waals surface area contributed by atoms with E-state index in [0.717, 1.165) is 16.7 Å². The van der Waals surface area contributed by atoms with Crippen LogP contribution in [0, 0.1) is 5.92 Å². The Kier molecular flexibility index (Phi) is 4.13. The minimum absolute atomic E-state index is 0.112. The molecule has 0 saturated heterocycles. The lowest BCUT2D eigenvalue weighted by Gasteiger charge is -2.11. The molecule has 0 aliphatic rings. The zero-order valence-corrected chi connectivity index (χ0v) is 10.0. The highest BCUT2D eigenvalue weighted by Crippen LogP contribution is 2.14. The summed E-state index contributed by atoms with van der Waals surface area (Å²) in [6.45, 7) is 4.19. The fourth-order valence-electron chi connectivity index (χ4n) is 0.855. The maximum absolute atomic E-state index is 6.10. The van der Waals surface area contributed by atoms with E-state index in [9.17, 15) is 0 Å². The van der Waals surface area contributed by atoms with E-state index in [1.165, 1.54) is 0 Å². The second-order valence-electron chi connectivity index (χ2n) is 3.28. The van der Waals surface area contributed by atoms with E-state index in [2.05, 4.69) is 39.7 Å². The van der Waals surface area contributed by atoms with Crippen LogP contribution in [0.4, 0.5) is 0 Å². The summed E-state index contributed by atoms with van der Waals surface area (Å²) in [5, 5.41) is 0.112. The Morgan fingerprint density at radius 3 is 2.38 bits per heavy atom. The minimum atomic E-state index is 0.112. The normalized spacial score (nSPS) is 13.3. The first-order valence-electron chi connectivity index (χ1n) is 4.20. The van der Waals surface area contributed by atoms with Crippen LogP contribution in [0.3, 0.4) is 0 Å². The Morgan fingerprint density at radius 2 is 1.92 bits per heavy atom. The van der Waals surface area contributed by atoms with Crippen LogP contribution in [0.15, 0.2) is 16.9 Å². The van der Waals surface area contributed by atoms with Crippen molar-refractivity contribution in [3.05, 3.63) is 22.7 Å². The minimum Gasteiger partial charge on any atom is -0.240 e. The molecule has 1 aromatic rings. The van der Waals surface area contributed by atoms with Crippen molar-refractivity contribution >= 4 is 27.5 Å². The zero-order chi connectivity index (χ0) is 9.84. The predicted molar refractivity (Wildman–Crippen MR) is 57.9 cm³/mol. The molecule has 13 heavy (non-hydrogen) atoms. The average Bonchev–Trinajstić information content (AvgIpc) is 2.08. The van der Waals surface area contributed by atoms with E-state index in [0.29, 0.717) is 5.92 Å². The van der Waals surface area contributed by atoms with Gasteiger partial charge in [0.05, 0.1) is 4.47 Å². The van der Waals surface area contributed by atoms with Crippen LogP contribution in [0.25, 0.3) is 0 Å². The first-order valence-corrected chi connectivity index (χ1v) is 5.43. The molecular formula is C9H12BrClN2. The van der Waals surface area contributed by atoms with E-state index in [1.54, 1.807) is 12.4 Å². The summed E-state index contributed by atoms with van der Waals surface area (Å²) in [7, 11) is 0. The van der Waals surface area contributed by atoms with E-state index in [4.69, 9.17) is 11.6 Å². The third kappa shape index (κ3) is 3.61. The molecule has 1 rings (SSSR count). The van der Waals surface area contributed by atoms with Gasteiger partial charge in [-0.15, -0.1) is 11.6 Å². The summed E-state index contributed by atoms with van der Waals surface area (Å²) >= 11 is 9.38. The summed E-state index contributed by atoms with van der Waals surface area (Å²) in [5.41, 5.74) is 0. The van der Waals surface area contributed by atoms with Crippen LogP contribution < -0.4 is 0 Å². The molecule has 0 spiro atoms. The van der Waals surface area contributed by atoms with Crippen molar-refractivity contribution in [2.24, 2.45) is 5.92 Å². The Bertz CT molecular complexity index is 261. The summed E-state index contributed by atoms with van der Waals surface area (Å²) in [5.74, 6) is 1.26. The number of alkyl halides is 1. The summed E-state index contributed by atoms with van der Waals surface area (Å²) in [6, 6.07) is 0. The van der Waals surface area contributed by atoms with Crippen molar-refractivity contribution in [3.8, 4) is 0 Å². The van der Waals surface area contributed by atoms with E-state index in [1.807, 2.05) is 0 Å². The molecule has 0 fully saturated rings. The van der Waals surface area contributed by atoms with Crippen molar-refractivity contribution in [2.45, 2.75) is 25.6 Å². The molecule has 4 heteroatoms. The first kappa shape index (κ1) is 10.9. The van der Waals surface area contributed by atoms with Gasteiger partial charge in [-0.2, -0.15) is 0 Å². The molecule has 0 N–H and O–H groups in total. The SMILES string of the molecule is CC(C)C(Cl)Cc1ncc(Br)cn1. The van der Waals surface area contributed by atoms with Crippen molar-refractivity contribution in [2.75, 3.05) is 0 Å². The zero-order valence-electron chi connectivity index (χ0n) is 7.67. The number of hydrogen-bond acceptors (Lipinski definition) is 2. The maximum atomic E-state index is 6.10. The van der Waals surface area contributed by atoms with Crippen molar-refractivity contribution < 1.29 is 0 Å². The van der Waals surface area contributed by atoms with Crippen molar-refractivity contribution in [1.29, 1.82) is 0 Å². The van der Waals surface area contributed by atoms with Gasteiger partial charge in [-0.25, -0.2) is 9.97 Å². The number of halogens is 2. The molecule has 0 aliphatic carbocycles. The summed E-state index contributed by atoms with van der Waals surface area (Å²) < 4.78 is 0.895. The van der Waals surface area contributed by atoms with E-state index in [-0.39, 0.29) is 5.38 Å². The summed E-state index contributed by atoms with van der Waals surface area (Å²) in [4.78, 5) is 8.32. The lowest BCUT2D eigenvalue weighted by Crippen LogP contribution is -2.13. The summed E-state index contributed by atoms with van der Waals surface area (Å²) in [6.07, 6.45) is 4.21. The fourth-order valence-corrected chi connectivity index (χ4v) is 1.20. The number of rotatable bonds is 3. The van der Waals surface area contributed by atoms with Gasteiger partial charge in [0.15, 0.2) is 0 Å². The lowest BCUT2D eigenvalue weighted by atomic mass is 10.1. The van der Waals surface area contributed by atoms with Gasteiger partial charge in [-0.05, 0) is 21.8 Å². The quantitative estimate of drug-likeness (QED) is 0.784. The Morgan fingerprint density at radius 1 is 1.38 bits per heavy atom. The van der Waals surface area contributed by atoms with E-state index < -0.39 is 0 Å². The fraction of sp³-hybridized carbons (Fsp3) is 0.556. The Labute approximate surface area is 91.9 Å². The largest absolute Gasteiger partial charge is 0.240 e. The molecule has 72 valence electrons. The van der Waals surface area contributed by atoms with Gasteiger partial charge >= 0.3 is 0 Å². The predicted octanol–water partition coefficient (Wildman–Crippen LogP) is 3.05. The molecule has 0 aliphatic heterocycles. The molecule has 2 nitrogen and oxygen atoms in total. The second kappa shape index (κ2) is 4.91. The molecule has 1 unspecified atom stereocenters. The van der Waals surface area contributed by atoms with Crippen LogP contribution in [0.2, 0.25) is 0 Å². The van der Waals surface area contributed by atoms with Gasteiger partial charge in [0.2, 0.25) is 0 Å². The van der Waals surface area contributed by atoms with Gasteiger partial charge in [0, 0.05) is 24.2 Å². The van der Waals surface area contributed by atoms with Crippen LogP contribution in [-0.4, -0.2) is 15.3 Å². The van der Waals surface area contributed by atoms with Crippen LogP contribution >= 0.6 is 27.5 Å². The number of aromatic nitrogens is 2. The lowest BCUT2D eigenvalue weighted by molar-refractivity contribution is 0.584. The highest BCUT2D eigenvalue weighted by Gasteiger charge is 2.11. The van der Waals surface area contributed by atoms with Gasteiger partial charge in [0.25, 0.3) is 0 Å². The van der Waals surface area contributed by atoms with Crippen LogP contribution in [-0.2, 0) is 6.42 Å². The second-order valence-corrected chi connectivity index (χ2v) is 4.76. The monoisotopic (exact) mass is 262 g/mol. The smallest absolute Gasteiger partial charge is 0.129 e. The molecule has 0 radical (unpaired) electrons. The van der Waals surface area contributed by atoms with Gasteiger partial charge in [0.1, 0.15) is 5.82 Å². The Hall–Kier alpha value is -0.150. The maximum Gasteiger partial charge on any atom is 0.129 e. The van der Waals surface area contributed by atoms with Crippen LogP contribution in [0.1, 0.15) is 19.7 Å².